The lowest BCUT2D eigenvalue weighted by Crippen LogP contribution is -2.30. The molecule has 6 nitrogen and oxygen atoms in total. The quantitative estimate of drug-likeness (QED) is 0.0261. The van der Waals surface area contributed by atoms with Crippen LogP contribution >= 0.6 is 0 Å². The molecule has 0 saturated carbocycles. The van der Waals surface area contributed by atoms with E-state index in [0.29, 0.717) is 19.3 Å². The van der Waals surface area contributed by atoms with E-state index in [1.54, 1.807) is 0 Å². The van der Waals surface area contributed by atoms with Crippen LogP contribution in [0.4, 0.5) is 0 Å². The van der Waals surface area contributed by atoms with Crippen molar-refractivity contribution in [1.82, 2.24) is 0 Å². The molecule has 6 heteroatoms. The van der Waals surface area contributed by atoms with Gasteiger partial charge in [0.25, 0.3) is 0 Å². The van der Waals surface area contributed by atoms with Gasteiger partial charge in [-0.25, -0.2) is 0 Å². The lowest BCUT2D eigenvalue weighted by atomic mass is 10.0. The van der Waals surface area contributed by atoms with Gasteiger partial charge in [0, 0.05) is 19.3 Å². The number of carbonyl (C=O) groups excluding carboxylic acids is 3. The normalized spacial score (nSPS) is 12.4. The first-order valence-electron chi connectivity index (χ1n) is 36.8. The summed E-state index contributed by atoms with van der Waals surface area (Å²) in [6.45, 7) is 6.68. The first kappa shape index (κ1) is 80.1. The summed E-state index contributed by atoms with van der Waals surface area (Å²) >= 11 is 0. The van der Waals surface area contributed by atoms with E-state index >= 15 is 0 Å². The maximum Gasteiger partial charge on any atom is 0.306 e. The van der Waals surface area contributed by atoms with E-state index in [1.807, 2.05) is 0 Å². The molecule has 0 aromatic heterocycles. The minimum absolute atomic E-state index is 0.0736. The second-order valence-corrected chi connectivity index (χ2v) is 24.8. The summed E-state index contributed by atoms with van der Waals surface area (Å²) in [7, 11) is 0. The predicted octanol–water partition coefficient (Wildman–Crippen LogP) is 25.5. The molecule has 0 aromatic carbocycles. The van der Waals surface area contributed by atoms with Crippen molar-refractivity contribution < 1.29 is 28.6 Å². The molecule has 0 aliphatic rings. The van der Waals surface area contributed by atoms with Crippen LogP contribution in [0.5, 0.6) is 0 Å². The van der Waals surface area contributed by atoms with Crippen molar-refractivity contribution in [1.29, 1.82) is 0 Å². The van der Waals surface area contributed by atoms with Gasteiger partial charge in [-0.05, 0) is 109 Å². The molecular weight excluding hydrogens is 1020 g/mol. The summed E-state index contributed by atoms with van der Waals surface area (Å²) in [5.41, 5.74) is 0. The second-order valence-electron chi connectivity index (χ2n) is 24.8. The smallest absolute Gasteiger partial charge is 0.306 e. The Bertz CT molecular complexity index is 1470. The van der Waals surface area contributed by atoms with Crippen molar-refractivity contribution >= 4 is 17.9 Å². The van der Waals surface area contributed by atoms with E-state index in [4.69, 9.17) is 14.2 Å². The Morgan fingerprint density at radius 2 is 0.434 bits per heavy atom. The molecule has 0 amide bonds. The first-order valence-corrected chi connectivity index (χ1v) is 36.8. The summed E-state index contributed by atoms with van der Waals surface area (Å²) in [5, 5.41) is 0. The third kappa shape index (κ3) is 69.8. The van der Waals surface area contributed by atoms with Gasteiger partial charge in [0.15, 0.2) is 6.10 Å². The van der Waals surface area contributed by atoms with Crippen LogP contribution in [0.25, 0.3) is 0 Å². The number of esters is 3. The maximum atomic E-state index is 13.0. The average Bonchev–Trinajstić information content (AvgIpc) is 3.49. The third-order valence-corrected chi connectivity index (χ3v) is 16.5. The lowest BCUT2D eigenvalue weighted by molar-refractivity contribution is -0.167. The van der Waals surface area contributed by atoms with Gasteiger partial charge in [-0.3, -0.25) is 14.4 Å². The monoisotopic (exact) mass is 1160 g/mol. The standard InChI is InChI=1S/C77H140O6/c1-4-7-10-13-16-19-22-25-28-31-33-35-37-38-40-41-43-46-49-52-55-58-61-64-67-70-76(79)82-73-74(72-81-75(78)69-66-63-60-57-54-51-48-45-30-27-24-21-18-15-12-9-6-3)83-77(80)71-68-65-62-59-56-53-50-47-44-42-39-36-34-32-29-26-23-20-17-14-11-8-5-2/h22-23,25-27,30-34,74H,4-21,24,28-29,35-73H2,1-3H3/b25-22-,26-23-,30-27-,33-31-,34-32-. The molecule has 0 heterocycles. The average molecular weight is 1160 g/mol. The summed E-state index contributed by atoms with van der Waals surface area (Å²) in [6, 6.07) is 0. The molecule has 0 aliphatic heterocycles. The van der Waals surface area contributed by atoms with Crippen LogP contribution in [-0.4, -0.2) is 37.2 Å². The van der Waals surface area contributed by atoms with Crippen LogP contribution in [0, 0.1) is 0 Å². The SMILES string of the molecule is CCCCCCC/C=C\C/C=C\CCCCCCCCCCCCCCCC(=O)OCC(COC(=O)CCCCCCCCC/C=C\CCCCCCCC)OC(=O)CCCCCCCCCCCCC/C=C\C/C=C\CCCCCCC. The first-order chi connectivity index (χ1) is 41.0. The number of unbranched alkanes of at least 4 members (excludes halogenated alkanes) is 47. The van der Waals surface area contributed by atoms with Gasteiger partial charge in [0.1, 0.15) is 13.2 Å². The minimum atomic E-state index is -0.779. The van der Waals surface area contributed by atoms with Crippen molar-refractivity contribution in [2.75, 3.05) is 13.2 Å². The van der Waals surface area contributed by atoms with Gasteiger partial charge in [0.05, 0.1) is 0 Å². The number of allylic oxidation sites excluding steroid dienone is 10. The van der Waals surface area contributed by atoms with Crippen LogP contribution in [0.3, 0.4) is 0 Å². The van der Waals surface area contributed by atoms with Crippen molar-refractivity contribution in [2.24, 2.45) is 0 Å². The Morgan fingerprint density at radius 3 is 0.675 bits per heavy atom. The third-order valence-electron chi connectivity index (χ3n) is 16.5. The van der Waals surface area contributed by atoms with E-state index in [9.17, 15) is 14.4 Å². The van der Waals surface area contributed by atoms with Gasteiger partial charge in [-0.2, -0.15) is 0 Å². The molecule has 0 saturated heterocycles. The van der Waals surface area contributed by atoms with Crippen LogP contribution in [-0.2, 0) is 28.6 Å². The van der Waals surface area contributed by atoms with E-state index in [-0.39, 0.29) is 31.1 Å². The van der Waals surface area contributed by atoms with E-state index < -0.39 is 6.10 Å². The molecule has 0 radical (unpaired) electrons. The Kier molecular flexibility index (Phi) is 69.1. The van der Waals surface area contributed by atoms with E-state index in [1.165, 1.54) is 283 Å². The molecule has 0 spiro atoms. The zero-order chi connectivity index (χ0) is 59.9. The molecule has 83 heavy (non-hydrogen) atoms. The van der Waals surface area contributed by atoms with Crippen molar-refractivity contribution in [3.05, 3.63) is 60.8 Å². The van der Waals surface area contributed by atoms with E-state index in [2.05, 4.69) is 81.5 Å². The van der Waals surface area contributed by atoms with Crippen molar-refractivity contribution in [3.63, 3.8) is 0 Å². The molecule has 484 valence electrons. The van der Waals surface area contributed by atoms with Crippen molar-refractivity contribution in [2.45, 2.75) is 399 Å². The van der Waals surface area contributed by atoms with Crippen LogP contribution in [0.2, 0.25) is 0 Å². The summed E-state index contributed by atoms with van der Waals surface area (Å²) in [5.74, 6) is -0.855. The number of rotatable bonds is 68. The van der Waals surface area contributed by atoms with E-state index in [0.717, 1.165) is 70.6 Å². The van der Waals surface area contributed by atoms with Crippen LogP contribution in [0.1, 0.15) is 393 Å². The Hall–Kier alpha value is -2.89. The Labute approximate surface area is 517 Å². The zero-order valence-corrected chi connectivity index (χ0v) is 55.7. The Balaban J connectivity index is 4.32. The molecule has 0 bridgehead atoms. The largest absolute Gasteiger partial charge is 0.462 e. The molecule has 1 unspecified atom stereocenters. The highest BCUT2D eigenvalue weighted by atomic mass is 16.6. The summed E-state index contributed by atoms with van der Waals surface area (Å²) in [4.78, 5) is 38.5. The van der Waals surface area contributed by atoms with Gasteiger partial charge in [-0.1, -0.05) is 326 Å². The summed E-state index contributed by atoms with van der Waals surface area (Å²) in [6.07, 6.45) is 92.5. The highest BCUT2D eigenvalue weighted by Crippen LogP contribution is 2.18. The highest BCUT2D eigenvalue weighted by molar-refractivity contribution is 5.71. The molecule has 0 aromatic rings. The van der Waals surface area contributed by atoms with Gasteiger partial charge in [-0.15, -0.1) is 0 Å². The fraction of sp³-hybridized carbons (Fsp3) is 0.831. The zero-order valence-electron chi connectivity index (χ0n) is 55.7. The van der Waals surface area contributed by atoms with Gasteiger partial charge >= 0.3 is 17.9 Å². The minimum Gasteiger partial charge on any atom is -0.462 e. The van der Waals surface area contributed by atoms with Crippen LogP contribution < -0.4 is 0 Å². The molecule has 0 fully saturated rings. The second kappa shape index (κ2) is 71.6. The maximum absolute atomic E-state index is 13.0. The molecule has 0 N–H and O–H groups in total. The molecular formula is C77H140O6. The number of ether oxygens (including phenoxy) is 3. The number of carbonyl (C=O) groups is 3. The topological polar surface area (TPSA) is 78.9 Å². The molecule has 1 atom stereocenters. The fourth-order valence-corrected chi connectivity index (χ4v) is 10.9. The van der Waals surface area contributed by atoms with Gasteiger partial charge < -0.3 is 14.2 Å². The summed E-state index contributed by atoms with van der Waals surface area (Å²) < 4.78 is 17.0. The highest BCUT2D eigenvalue weighted by Gasteiger charge is 2.19. The molecule has 0 aliphatic carbocycles. The van der Waals surface area contributed by atoms with Crippen LogP contribution in [0.15, 0.2) is 60.8 Å². The number of hydrogen-bond acceptors (Lipinski definition) is 6. The van der Waals surface area contributed by atoms with Gasteiger partial charge in [0.2, 0.25) is 0 Å². The lowest BCUT2D eigenvalue weighted by Gasteiger charge is -2.18. The fourth-order valence-electron chi connectivity index (χ4n) is 10.9. The molecule has 0 rings (SSSR count). The Morgan fingerprint density at radius 1 is 0.241 bits per heavy atom. The predicted molar refractivity (Wildman–Crippen MR) is 362 cm³/mol. The number of hydrogen-bond donors (Lipinski definition) is 0. The van der Waals surface area contributed by atoms with Crippen molar-refractivity contribution in [3.8, 4) is 0 Å².